The number of nitrogens with one attached hydrogen (secondary N) is 2. The van der Waals surface area contributed by atoms with Crippen LogP contribution in [-0.2, 0) is 22.4 Å². The van der Waals surface area contributed by atoms with Crippen LogP contribution in [0, 0.1) is 0 Å². The maximum absolute atomic E-state index is 12.4. The topological polar surface area (TPSA) is 110 Å². The zero-order chi connectivity index (χ0) is 20.9. The molecule has 1 unspecified atom stereocenters. The normalized spacial score (nSPS) is 12.2. The predicted octanol–water partition coefficient (Wildman–Crippen LogP) is 2.77. The Hall–Kier alpha value is -3.68. The van der Waals surface area contributed by atoms with Gasteiger partial charge in [-0.05, 0) is 30.7 Å². The number of carbonyl (C=O) groups is 2. The van der Waals surface area contributed by atoms with Gasteiger partial charge in [-0.3, -0.25) is 9.59 Å². The molecule has 0 fully saturated rings. The molecule has 8 heteroatoms. The second-order valence-electron chi connectivity index (χ2n) is 7.08. The van der Waals surface area contributed by atoms with E-state index in [1.807, 2.05) is 55.5 Å². The fraction of sp³-hybridized carbons (Fsp3) is 0.273. The van der Waals surface area contributed by atoms with Crippen molar-refractivity contribution < 1.29 is 18.6 Å². The van der Waals surface area contributed by atoms with E-state index in [-0.39, 0.29) is 30.7 Å². The monoisotopic (exact) mass is 406 g/mol. The maximum Gasteiger partial charge on any atom is 0.226 e. The number of amides is 2. The molecule has 154 valence electrons. The van der Waals surface area contributed by atoms with Crippen LogP contribution in [0.15, 0.2) is 57.6 Å². The molecular weight excluding hydrogens is 384 g/mol. The Morgan fingerprint density at radius 3 is 1.97 bits per heavy atom. The summed E-state index contributed by atoms with van der Waals surface area (Å²) in [5.74, 6) is -0.345. The highest BCUT2D eigenvalue weighted by Crippen LogP contribution is 2.19. The van der Waals surface area contributed by atoms with Crippen LogP contribution >= 0.6 is 0 Å². The lowest BCUT2D eigenvalue weighted by Crippen LogP contribution is -2.44. The smallest absolute Gasteiger partial charge is 0.226 e. The molecule has 1 atom stereocenters. The van der Waals surface area contributed by atoms with Gasteiger partial charge >= 0.3 is 0 Å². The fourth-order valence-corrected chi connectivity index (χ4v) is 3.31. The fourth-order valence-electron chi connectivity index (χ4n) is 3.31. The lowest BCUT2D eigenvalue weighted by molar-refractivity contribution is -0.123. The Kier molecular flexibility index (Phi) is 5.74. The van der Waals surface area contributed by atoms with E-state index in [0.29, 0.717) is 35.5 Å². The van der Waals surface area contributed by atoms with Crippen LogP contribution in [0.1, 0.15) is 24.7 Å². The van der Waals surface area contributed by atoms with Gasteiger partial charge in [0.15, 0.2) is 11.2 Å². The molecule has 0 saturated heterocycles. The molecule has 0 bridgehead atoms. The van der Waals surface area contributed by atoms with Gasteiger partial charge in [0.25, 0.3) is 0 Å². The Balaban J connectivity index is 1.29. The molecule has 0 spiro atoms. The van der Waals surface area contributed by atoms with Crippen LogP contribution < -0.4 is 10.6 Å². The van der Waals surface area contributed by atoms with Gasteiger partial charge in [0.05, 0.1) is 12.8 Å². The van der Waals surface area contributed by atoms with Gasteiger partial charge in [0, 0.05) is 23.4 Å². The van der Waals surface area contributed by atoms with E-state index in [4.69, 9.17) is 9.05 Å². The molecule has 2 heterocycles. The van der Waals surface area contributed by atoms with E-state index in [9.17, 15) is 9.59 Å². The van der Waals surface area contributed by atoms with E-state index in [0.717, 1.165) is 10.8 Å². The third kappa shape index (κ3) is 4.32. The lowest BCUT2D eigenvalue weighted by Gasteiger charge is -2.17. The van der Waals surface area contributed by atoms with Crippen molar-refractivity contribution in [2.75, 3.05) is 6.54 Å². The Labute approximate surface area is 172 Å². The molecule has 8 nitrogen and oxygen atoms in total. The molecule has 4 aromatic rings. The lowest BCUT2D eigenvalue weighted by atomic mass is 10.1. The minimum atomic E-state index is -0.186. The number of nitrogens with zero attached hydrogens (tertiary/aromatic N) is 2. The second kappa shape index (κ2) is 8.77. The van der Waals surface area contributed by atoms with E-state index >= 15 is 0 Å². The molecule has 0 radical (unpaired) electrons. The maximum atomic E-state index is 12.4. The summed E-state index contributed by atoms with van der Waals surface area (Å²) < 4.78 is 10.5. The molecular formula is C22H22N4O4. The van der Waals surface area contributed by atoms with E-state index in [2.05, 4.69) is 20.9 Å². The highest BCUT2D eigenvalue weighted by atomic mass is 16.5. The van der Waals surface area contributed by atoms with Gasteiger partial charge in [0.1, 0.15) is 11.4 Å². The first-order valence-corrected chi connectivity index (χ1v) is 9.86. The van der Waals surface area contributed by atoms with Gasteiger partial charge in [-0.15, -0.1) is 0 Å². The Morgan fingerprint density at radius 2 is 1.40 bits per heavy atom. The first kappa shape index (κ1) is 19.6. The van der Waals surface area contributed by atoms with Gasteiger partial charge in [-0.1, -0.05) is 41.5 Å². The number of fused-ring (bicyclic) bond motifs is 2. The van der Waals surface area contributed by atoms with Crippen molar-refractivity contribution in [1.29, 1.82) is 0 Å². The summed E-state index contributed by atoms with van der Waals surface area (Å²) in [6.07, 6.45) is 0.914. The summed E-state index contributed by atoms with van der Waals surface area (Å²) in [6.45, 7) is 2.28. The number of carbonyl (C=O) groups excluding carboxylic acids is 2. The third-order valence-electron chi connectivity index (χ3n) is 4.96. The number of hydrogen-bond donors (Lipinski definition) is 2. The number of rotatable bonds is 8. The van der Waals surface area contributed by atoms with Crippen molar-refractivity contribution >= 4 is 33.8 Å². The number of benzene rings is 2. The molecule has 0 aliphatic carbocycles. The van der Waals surface area contributed by atoms with Crippen LogP contribution in [0.4, 0.5) is 0 Å². The molecule has 30 heavy (non-hydrogen) atoms. The van der Waals surface area contributed by atoms with Crippen molar-refractivity contribution in [3.05, 3.63) is 59.9 Å². The van der Waals surface area contributed by atoms with Crippen molar-refractivity contribution in [2.24, 2.45) is 0 Å². The first-order chi connectivity index (χ1) is 14.6. The number of hydrogen-bond acceptors (Lipinski definition) is 6. The van der Waals surface area contributed by atoms with E-state index < -0.39 is 0 Å². The second-order valence-corrected chi connectivity index (χ2v) is 7.08. The molecule has 0 saturated carbocycles. The molecule has 2 aromatic heterocycles. The standard InChI is InChI=1S/C22H22N4O4/c1-2-14(24-22(28)12-18-16-8-4-6-10-20(16)30-26-18)13-23-21(27)11-17-15-7-3-5-9-19(15)29-25-17/h3-10,14H,2,11-13H2,1H3,(H,23,27)(H,24,28). The first-order valence-electron chi connectivity index (χ1n) is 9.86. The van der Waals surface area contributed by atoms with Gasteiger partial charge in [-0.25, -0.2) is 0 Å². The van der Waals surface area contributed by atoms with Crippen LogP contribution in [0.5, 0.6) is 0 Å². The SMILES string of the molecule is CCC(CNC(=O)Cc1noc2ccccc12)NC(=O)Cc1noc2ccccc12. The molecule has 0 aliphatic heterocycles. The Bertz CT molecular complexity index is 1180. The number of aromatic nitrogens is 2. The largest absolute Gasteiger partial charge is 0.356 e. The van der Waals surface area contributed by atoms with Crippen molar-refractivity contribution in [3.63, 3.8) is 0 Å². The van der Waals surface area contributed by atoms with E-state index in [1.54, 1.807) is 0 Å². The highest BCUT2D eigenvalue weighted by Gasteiger charge is 2.17. The van der Waals surface area contributed by atoms with Crippen LogP contribution in [0.2, 0.25) is 0 Å². The third-order valence-corrected chi connectivity index (χ3v) is 4.96. The molecule has 2 N–H and O–H groups in total. The summed E-state index contributed by atoms with van der Waals surface area (Å²) in [6, 6.07) is 14.6. The van der Waals surface area contributed by atoms with Crippen LogP contribution in [0.25, 0.3) is 21.9 Å². The van der Waals surface area contributed by atoms with Crippen molar-refractivity contribution in [2.45, 2.75) is 32.2 Å². The summed E-state index contributed by atoms with van der Waals surface area (Å²) in [5.41, 5.74) is 2.50. The average Bonchev–Trinajstić information content (AvgIpc) is 3.36. The van der Waals surface area contributed by atoms with E-state index in [1.165, 1.54) is 0 Å². The summed E-state index contributed by atoms with van der Waals surface area (Å²) in [5, 5.41) is 15.4. The zero-order valence-corrected chi connectivity index (χ0v) is 16.6. The van der Waals surface area contributed by atoms with Crippen LogP contribution in [0.3, 0.4) is 0 Å². The molecule has 2 amide bonds. The highest BCUT2D eigenvalue weighted by molar-refractivity contribution is 5.87. The predicted molar refractivity (Wildman–Crippen MR) is 111 cm³/mol. The number of para-hydroxylation sites is 2. The van der Waals surface area contributed by atoms with Crippen molar-refractivity contribution in [3.8, 4) is 0 Å². The van der Waals surface area contributed by atoms with Gasteiger partial charge in [-0.2, -0.15) is 0 Å². The quantitative estimate of drug-likeness (QED) is 0.466. The Morgan fingerprint density at radius 1 is 0.867 bits per heavy atom. The molecule has 4 rings (SSSR count). The van der Waals surface area contributed by atoms with Gasteiger partial charge in [0.2, 0.25) is 11.8 Å². The van der Waals surface area contributed by atoms with Crippen LogP contribution in [-0.4, -0.2) is 34.7 Å². The molecule has 0 aliphatic rings. The minimum Gasteiger partial charge on any atom is -0.356 e. The summed E-state index contributed by atoms with van der Waals surface area (Å²) in [7, 11) is 0. The minimum absolute atomic E-state index is 0.117. The average molecular weight is 406 g/mol. The van der Waals surface area contributed by atoms with Gasteiger partial charge < -0.3 is 19.7 Å². The van der Waals surface area contributed by atoms with Crippen molar-refractivity contribution in [1.82, 2.24) is 20.9 Å². The zero-order valence-electron chi connectivity index (χ0n) is 16.6. The summed E-state index contributed by atoms with van der Waals surface area (Å²) in [4.78, 5) is 24.8. The summed E-state index contributed by atoms with van der Waals surface area (Å²) >= 11 is 0. The molecule has 2 aromatic carbocycles.